The van der Waals surface area contributed by atoms with Gasteiger partial charge in [0.25, 0.3) is 16.8 Å². The highest BCUT2D eigenvalue weighted by Gasteiger charge is 2.34. The zero-order chi connectivity index (χ0) is 25.7. The van der Waals surface area contributed by atoms with Gasteiger partial charge in [0.15, 0.2) is 0 Å². The molecule has 36 heavy (non-hydrogen) atoms. The number of carbonyl (C=O) groups is 2. The van der Waals surface area contributed by atoms with Crippen LogP contribution in [0.25, 0.3) is 6.08 Å². The van der Waals surface area contributed by atoms with Crippen LogP contribution in [0.2, 0.25) is 0 Å². The summed E-state index contributed by atoms with van der Waals surface area (Å²) >= 11 is 5.28. The largest absolute Gasteiger partial charge is 0.487 e. The molecule has 0 saturated carbocycles. The van der Waals surface area contributed by atoms with E-state index in [0.717, 1.165) is 30.9 Å². The van der Waals surface area contributed by atoms with Crippen LogP contribution in [-0.4, -0.2) is 27.5 Å². The molecule has 0 N–H and O–H groups in total. The highest BCUT2D eigenvalue weighted by atomic mass is 127. The van der Waals surface area contributed by atoms with E-state index >= 15 is 0 Å². The Morgan fingerprint density at radius 1 is 0.972 bits per heavy atom. The lowest BCUT2D eigenvalue weighted by molar-refractivity contribution is -0.384. The Bertz CT molecular complexity index is 1320. The van der Waals surface area contributed by atoms with E-state index in [1.54, 1.807) is 18.2 Å². The van der Waals surface area contributed by atoms with E-state index < -0.39 is 4.92 Å². The van der Waals surface area contributed by atoms with Gasteiger partial charge in [-0.05, 0) is 105 Å². The zero-order valence-corrected chi connectivity index (χ0v) is 24.0. The van der Waals surface area contributed by atoms with Crippen molar-refractivity contribution in [2.45, 2.75) is 19.4 Å². The van der Waals surface area contributed by atoms with E-state index in [-0.39, 0.29) is 23.4 Å². The van der Waals surface area contributed by atoms with Crippen molar-refractivity contribution in [3.05, 3.63) is 106 Å². The van der Waals surface area contributed by atoms with Gasteiger partial charge in [-0.15, -0.1) is 0 Å². The molecule has 1 aliphatic heterocycles. The predicted molar refractivity (Wildman–Crippen MR) is 157 cm³/mol. The quantitative estimate of drug-likeness (QED) is 0.102. The van der Waals surface area contributed by atoms with Gasteiger partial charge in [-0.3, -0.25) is 24.6 Å². The molecule has 0 aliphatic carbocycles. The molecule has 1 fully saturated rings. The second kappa shape index (κ2) is 12.2. The number of benzene rings is 3. The van der Waals surface area contributed by atoms with Crippen molar-refractivity contribution in [1.29, 1.82) is 0 Å². The Hall–Kier alpha value is -2.45. The molecule has 1 saturated heterocycles. The van der Waals surface area contributed by atoms with Crippen LogP contribution in [0.5, 0.6) is 5.75 Å². The summed E-state index contributed by atoms with van der Waals surface area (Å²) in [6, 6.07) is 20.1. The molecule has 1 aliphatic rings. The maximum Gasteiger partial charge on any atom is 0.293 e. The summed E-state index contributed by atoms with van der Waals surface area (Å²) in [6.45, 7) is 0.575. The standard InChI is InChI=1S/C26H20I2N2O5S/c27-21-13-19(14-22(28)24(21)35-16-18-8-4-10-20(12-18)30(33)34)15-23-25(31)29(26(32)36-23)11-5-9-17-6-2-1-3-7-17/h1-4,6-8,10,12-15H,5,9,11,16H2/b23-15+. The average Bonchev–Trinajstić information content (AvgIpc) is 3.11. The summed E-state index contributed by atoms with van der Waals surface area (Å²) in [5.74, 6) is 0.392. The van der Waals surface area contributed by atoms with Gasteiger partial charge in [-0.2, -0.15) is 0 Å². The van der Waals surface area contributed by atoms with Crippen molar-refractivity contribution in [1.82, 2.24) is 4.90 Å². The van der Waals surface area contributed by atoms with Gasteiger partial charge in [-0.25, -0.2) is 0 Å². The minimum Gasteiger partial charge on any atom is -0.487 e. The van der Waals surface area contributed by atoms with Crippen LogP contribution in [0.3, 0.4) is 0 Å². The molecule has 0 spiro atoms. The number of nitrogens with zero attached hydrogens (tertiary/aromatic N) is 2. The number of hydrogen-bond donors (Lipinski definition) is 0. The molecule has 2 amide bonds. The molecule has 7 nitrogen and oxygen atoms in total. The molecular weight excluding hydrogens is 706 g/mol. The second-order valence-corrected chi connectivity index (χ2v) is 11.3. The van der Waals surface area contributed by atoms with Crippen molar-refractivity contribution in [3.63, 3.8) is 0 Å². The normalized spacial score (nSPS) is 14.5. The SMILES string of the molecule is O=C1S/C(=C/c2cc(I)c(OCc3cccc([N+](=O)[O-])c3)c(I)c2)C(=O)N1CCCc1ccccc1. The Morgan fingerprint density at radius 3 is 2.36 bits per heavy atom. The molecule has 0 aromatic heterocycles. The number of imide groups is 1. The minimum atomic E-state index is -0.434. The first-order valence-electron chi connectivity index (χ1n) is 11.0. The number of rotatable bonds is 9. The highest BCUT2D eigenvalue weighted by molar-refractivity contribution is 14.1. The third-order valence-electron chi connectivity index (χ3n) is 5.39. The van der Waals surface area contributed by atoms with Gasteiger partial charge in [-0.1, -0.05) is 42.5 Å². The van der Waals surface area contributed by atoms with Crippen molar-refractivity contribution in [2.75, 3.05) is 6.54 Å². The summed E-state index contributed by atoms with van der Waals surface area (Å²) < 4.78 is 7.62. The van der Waals surface area contributed by atoms with Crippen LogP contribution < -0.4 is 4.74 Å². The monoisotopic (exact) mass is 726 g/mol. The van der Waals surface area contributed by atoms with Crippen molar-refractivity contribution < 1.29 is 19.2 Å². The van der Waals surface area contributed by atoms with Crippen molar-refractivity contribution >= 4 is 79.9 Å². The van der Waals surface area contributed by atoms with Crippen LogP contribution in [0, 0.1) is 17.3 Å². The van der Waals surface area contributed by atoms with Gasteiger partial charge >= 0.3 is 0 Å². The summed E-state index contributed by atoms with van der Waals surface area (Å²) in [7, 11) is 0. The fourth-order valence-electron chi connectivity index (χ4n) is 3.65. The molecule has 10 heteroatoms. The first-order chi connectivity index (χ1) is 17.3. The Balaban J connectivity index is 1.41. The topological polar surface area (TPSA) is 89.7 Å². The van der Waals surface area contributed by atoms with Gasteiger partial charge in [0.05, 0.1) is 17.0 Å². The number of ether oxygens (including phenoxy) is 1. The number of halogens is 2. The summed E-state index contributed by atoms with van der Waals surface area (Å²) in [5.41, 5.74) is 2.68. The third-order valence-corrected chi connectivity index (χ3v) is 7.90. The first kappa shape index (κ1) is 26.6. The van der Waals surface area contributed by atoms with Crippen LogP contribution in [0.1, 0.15) is 23.1 Å². The lowest BCUT2D eigenvalue weighted by Crippen LogP contribution is -2.29. The van der Waals surface area contributed by atoms with E-state index in [1.807, 2.05) is 42.5 Å². The molecular formula is C26H20I2N2O5S. The summed E-state index contributed by atoms with van der Waals surface area (Å²) in [6.07, 6.45) is 3.24. The van der Waals surface area contributed by atoms with Crippen LogP contribution >= 0.6 is 56.9 Å². The Morgan fingerprint density at radius 2 is 1.67 bits per heavy atom. The van der Waals surface area contributed by atoms with Crippen LogP contribution in [0.4, 0.5) is 10.5 Å². The smallest absolute Gasteiger partial charge is 0.293 e. The van der Waals surface area contributed by atoms with Crippen molar-refractivity contribution in [2.24, 2.45) is 0 Å². The summed E-state index contributed by atoms with van der Waals surface area (Å²) in [4.78, 5) is 37.6. The lowest BCUT2D eigenvalue weighted by Gasteiger charge is -2.12. The first-order valence-corrected chi connectivity index (χ1v) is 13.9. The van der Waals surface area contributed by atoms with Crippen molar-refractivity contribution in [3.8, 4) is 5.75 Å². The molecule has 0 radical (unpaired) electrons. The number of carbonyl (C=O) groups excluding carboxylic acids is 2. The zero-order valence-electron chi connectivity index (χ0n) is 18.9. The number of amides is 2. The fourth-order valence-corrected chi connectivity index (χ4v) is 6.64. The molecule has 1 heterocycles. The molecule has 3 aromatic rings. The minimum absolute atomic E-state index is 0.0184. The van der Waals surface area contributed by atoms with Gasteiger partial charge in [0.2, 0.25) is 0 Å². The Labute approximate surface area is 239 Å². The highest BCUT2D eigenvalue weighted by Crippen LogP contribution is 2.35. The van der Waals surface area contributed by atoms with Crippen LogP contribution in [0.15, 0.2) is 71.6 Å². The maximum atomic E-state index is 12.9. The molecule has 4 rings (SSSR count). The third kappa shape index (κ3) is 6.65. The number of hydrogen-bond acceptors (Lipinski definition) is 6. The number of non-ortho nitro benzene ring substituents is 1. The maximum absolute atomic E-state index is 12.9. The van der Waals surface area contributed by atoms with Gasteiger partial charge in [0, 0.05) is 18.7 Å². The van der Waals surface area contributed by atoms with E-state index in [0.29, 0.717) is 29.2 Å². The molecule has 0 bridgehead atoms. The fraction of sp³-hybridized carbons (Fsp3) is 0.154. The Kier molecular flexibility index (Phi) is 9.01. The van der Waals surface area contributed by atoms with E-state index in [2.05, 4.69) is 45.2 Å². The molecule has 0 atom stereocenters. The number of nitro groups is 1. The predicted octanol–water partition coefficient (Wildman–Crippen LogP) is 7.05. The number of thioether (sulfide) groups is 1. The van der Waals surface area contributed by atoms with Gasteiger partial charge < -0.3 is 4.74 Å². The van der Waals surface area contributed by atoms with E-state index in [4.69, 9.17) is 4.74 Å². The average molecular weight is 726 g/mol. The lowest BCUT2D eigenvalue weighted by atomic mass is 10.1. The van der Waals surface area contributed by atoms with Gasteiger partial charge in [0.1, 0.15) is 12.4 Å². The number of nitro benzene ring substituents is 1. The molecule has 3 aromatic carbocycles. The van der Waals surface area contributed by atoms with Crippen LogP contribution in [-0.2, 0) is 17.8 Å². The second-order valence-electron chi connectivity index (χ2n) is 7.95. The van der Waals surface area contributed by atoms with E-state index in [9.17, 15) is 19.7 Å². The molecule has 0 unspecified atom stereocenters. The molecule has 184 valence electrons. The number of aryl methyl sites for hydroxylation is 1. The summed E-state index contributed by atoms with van der Waals surface area (Å²) in [5, 5.41) is 10.7. The van der Waals surface area contributed by atoms with E-state index in [1.165, 1.54) is 22.6 Å².